The maximum atomic E-state index is 14.2. The van der Waals surface area contributed by atoms with E-state index in [2.05, 4.69) is 10.2 Å². The number of benzene rings is 4. The van der Waals surface area contributed by atoms with Crippen LogP contribution in [0.1, 0.15) is 57.8 Å². The fraction of sp³-hybridized carbons (Fsp3) is 0.306. The fourth-order valence-corrected chi connectivity index (χ4v) is 6.14. The van der Waals surface area contributed by atoms with Crippen LogP contribution >= 0.6 is 0 Å². The van der Waals surface area contributed by atoms with Crippen LogP contribution in [-0.4, -0.2) is 52.9 Å². The summed E-state index contributed by atoms with van der Waals surface area (Å²) < 4.78 is 82.0. The number of nitrogens with zero attached hydrogens (tertiary/aromatic N) is 1. The van der Waals surface area contributed by atoms with Crippen LogP contribution in [0.5, 0.6) is 0 Å². The highest BCUT2D eigenvalue weighted by molar-refractivity contribution is 5.95. The van der Waals surface area contributed by atoms with Crippen LogP contribution in [0.25, 0.3) is 11.1 Å². The molecule has 7 nitrogen and oxygen atoms in total. The summed E-state index contributed by atoms with van der Waals surface area (Å²) in [4.78, 5) is 14.7. The first-order valence-electron chi connectivity index (χ1n) is 15.5. The largest absolute Gasteiger partial charge is 0.392 e. The smallest absolute Gasteiger partial charge is 0.257 e. The molecule has 2 heterocycles. The van der Waals surface area contributed by atoms with Crippen molar-refractivity contribution in [2.75, 3.05) is 19.6 Å². The van der Waals surface area contributed by atoms with Gasteiger partial charge in [0.05, 0.1) is 24.9 Å². The third-order valence-electron chi connectivity index (χ3n) is 8.71. The van der Waals surface area contributed by atoms with Gasteiger partial charge in [-0.25, -0.2) is 22.0 Å². The van der Waals surface area contributed by atoms with Crippen LogP contribution in [-0.2, 0) is 22.6 Å². The van der Waals surface area contributed by atoms with Gasteiger partial charge in [-0.2, -0.15) is 0 Å². The lowest BCUT2D eigenvalue weighted by atomic mass is 9.97. The molecule has 12 heteroatoms. The Morgan fingerprint density at radius 3 is 2.12 bits per heavy atom. The lowest BCUT2D eigenvalue weighted by Gasteiger charge is -2.38. The molecular formula is C36H33F5N2O5. The van der Waals surface area contributed by atoms with Gasteiger partial charge in [-0.1, -0.05) is 72.8 Å². The molecule has 0 aliphatic carbocycles. The Labute approximate surface area is 273 Å². The van der Waals surface area contributed by atoms with Gasteiger partial charge in [-0.3, -0.25) is 9.69 Å². The molecule has 0 aromatic heterocycles. The van der Waals surface area contributed by atoms with Gasteiger partial charge in [-0.15, -0.1) is 0 Å². The molecule has 0 radical (unpaired) electrons. The van der Waals surface area contributed by atoms with E-state index in [0.717, 1.165) is 28.8 Å². The second-order valence-corrected chi connectivity index (χ2v) is 12.0. The number of nitrogens with one attached hydrogen (secondary N) is 1. The molecule has 2 saturated heterocycles. The van der Waals surface area contributed by atoms with E-state index in [4.69, 9.17) is 9.47 Å². The van der Waals surface area contributed by atoms with Crippen LogP contribution in [0, 0.1) is 29.1 Å². The predicted molar refractivity (Wildman–Crippen MR) is 165 cm³/mol. The Bertz CT molecular complexity index is 1740. The van der Waals surface area contributed by atoms with Crippen molar-refractivity contribution < 1.29 is 46.4 Å². The summed E-state index contributed by atoms with van der Waals surface area (Å²) in [5.74, 6) is -12.6. The van der Waals surface area contributed by atoms with E-state index in [0.29, 0.717) is 37.1 Å². The molecule has 252 valence electrons. The molecule has 6 rings (SSSR count). The number of ether oxygens (including phenoxy) is 2. The van der Waals surface area contributed by atoms with E-state index in [1.165, 1.54) is 0 Å². The van der Waals surface area contributed by atoms with Gasteiger partial charge in [0.15, 0.2) is 29.6 Å². The summed E-state index contributed by atoms with van der Waals surface area (Å²) in [5, 5.41) is 21.7. The summed E-state index contributed by atoms with van der Waals surface area (Å²) >= 11 is 0. The van der Waals surface area contributed by atoms with E-state index >= 15 is 0 Å². The number of rotatable bonds is 9. The summed E-state index contributed by atoms with van der Waals surface area (Å²) in [6, 6.07) is 21.8. The Hall–Kier alpha value is -4.20. The number of β-amino-alcohol motifs (C(OH)–C–C–N with tert-alkyl or cyclic N) is 1. The molecule has 0 bridgehead atoms. The van der Waals surface area contributed by atoms with Crippen molar-refractivity contribution in [3.8, 4) is 11.1 Å². The SMILES string of the molecule is O=C(NCc1ccccc1-c1ccc([C@@H]2O[C@H](CN3CC[C@H](O)C3)C[C@H](c3ccc(CO)cc3)O2)cc1)c1c(F)c(F)c(F)c(F)c1F. The normalized spacial score (nSPS) is 21.4. The van der Waals surface area contributed by atoms with Gasteiger partial charge in [0.2, 0.25) is 5.82 Å². The zero-order valence-corrected chi connectivity index (χ0v) is 25.6. The number of hydrogen-bond donors (Lipinski definition) is 3. The van der Waals surface area contributed by atoms with Crippen LogP contribution in [0.15, 0.2) is 72.8 Å². The van der Waals surface area contributed by atoms with Crippen LogP contribution in [0.2, 0.25) is 0 Å². The first-order chi connectivity index (χ1) is 23.1. The molecule has 4 aromatic rings. The van der Waals surface area contributed by atoms with E-state index in [1.807, 2.05) is 48.5 Å². The van der Waals surface area contributed by atoms with Gasteiger partial charge in [-0.05, 0) is 34.2 Å². The Morgan fingerprint density at radius 2 is 1.48 bits per heavy atom. The molecule has 0 unspecified atom stereocenters. The highest BCUT2D eigenvalue weighted by Gasteiger charge is 2.35. The van der Waals surface area contributed by atoms with E-state index in [9.17, 15) is 37.0 Å². The van der Waals surface area contributed by atoms with Crippen molar-refractivity contribution >= 4 is 5.91 Å². The number of aliphatic hydroxyl groups excluding tert-OH is 2. The molecule has 2 aliphatic rings. The first-order valence-corrected chi connectivity index (χ1v) is 15.5. The van der Waals surface area contributed by atoms with Crippen LogP contribution < -0.4 is 5.32 Å². The lowest BCUT2D eigenvalue weighted by molar-refractivity contribution is -0.252. The van der Waals surface area contributed by atoms with Crippen LogP contribution in [0.4, 0.5) is 22.0 Å². The second-order valence-electron chi connectivity index (χ2n) is 12.0. The average molecular weight is 669 g/mol. The molecular weight excluding hydrogens is 635 g/mol. The van der Waals surface area contributed by atoms with Crippen molar-refractivity contribution in [3.05, 3.63) is 130 Å². The third-order valence-corrected chi connectivity index (χ3v) is 8.71. The summed E-state index contributed by atoms with van der Waals surface area (Å²) in [5.41, 5.74) is 2.87. The van der Waals surface area contributed by atoms with Gasteiger partial charge in [0.1, 0.15) is 5.56 Å². The highest BCUT2D eigenvalue weighted by Crippen LogP contribution is 2.39. The Morgan fingerprint density at radius 1 is 0.833 bits per heavy atom. The summed E-state index contributed by atoms with van der Waals surface area (Å²) in [7, 11) is 0. The van der Waals surface area contributed by atoms with Gasteiger partial charge in [0.25, 0.3) is 5.91 Å². The second kappa shape index (κ2) is 14.5. The van der Waals surface area contributed by atoms with Crippen molar-refractivity contribution in [2.24, 2.45) is 0 Å². The predicted octanol–water partition coefficient (Wildman–Crippen LogP) is 6.08. The Kier molecular flexibility index (Phi) is 10.2. The number of halogens is 5. The minimum Gasteiger partial charge on any atom is -0.392 e. The van der Waals surface area contributed by atoms with Gasteiger partial charge in [0, 0.05) is 38.2 Å². The van der Waals surface area contributed by atoms with Crippen molar-refractivity contribution in [2.45, 2.75) is 50.6 Å². The van der Waals surface area contributed by atoms with Gasteiger partial charge >= 0.3 is 0 Å². The average Bonchev–Trinajstić information content (AvgIpc) is 3.53. The van der Waals surface area contributed by atoms with Crippen LogP contribution in [0.3, 0.4) is 0 Å². The van der Waals surface area contributed by atoms with E-state index in [-0.39, 0.29) is 31.5 Å². The molecule has 3 N–H and O–H groups in total. The topological polar surface area (TPSA) is 91.3 Å². The number of carbonyl (C=O) groups is 1. The number of amides is 1. The minimum atomic E-state index is -2.34. The number of likely N-dealkylation sites (tertiary alicyclic amines) is 1. The van der Waals surface area contributed by atoms with Crippen molar-refractivity contribution in [1.29, 1.82) is 0 Å². The number of carbonyl (C=O) groups excluding carboxylic acids is 1. The lowest BCUT2D eigenvalue weighted by Crippen LogP contribution is -2.38. The molecule has 0 spiro atoms. The number of hydrogen-bond acceptors (Lipinski definition) is 6. The summed E-state index contributed by atoms with van der Waals surface area (Å²) in [6.45, 7) is 1.67. The molecule has 2 aliphatic heterocycles. The zero-order valence-electron chi connectivity index (χ0n) is 25.6. The van der Waals surface area contributed by atoms with E-state index in [1.54, 1.807) is 24.3 Å². The van der Waals surface area contributed by atoms with Crippen molar-refractivity contribution in [3.63, 3.8) is 0 Å². The first kappa shape index (κ1) is 33.7. The molecule has 4 aromatic carbocycles. The zero-order chi connectivity index (χ0) is 33.9. The highest BCUT2D eigenvalue weighted by atomic mass is 19.2. The molecule has 48 heavy (non-hydrogen) atoms. The quantitative estimate of drug-likeness (QED) is 0.114. The van der Waals surface area contributed by atoms with E-state index < -0.39 is 46.8 Å². The maximum absolute atomic E-state index is 14.2. The Balaban J connectivity index is 1.20. The van der Waals surface area contributed by atoms with Crippen molar-refractivity contribution in [1.82, 2.24) is 10.2 Å². The van der Waals surface area contributed by atoms with Gasteiger partial charge < -0.3 is 25.0 Å². The maximum Gasteiger partial charge on any atom is 0.257 e. The third kappa shape index (κ3) is 7.13. The minimum absolute atomic E-state index is 0.0649. The standard InChI is InChI=1S/C36H33F5N2O5/c37-30-29(31(38)33(40)34(41)32(30)39)35(46)42-16-24-3-1-2-4-27(24)21-9-11-23(12-10-21)36-47-26(18-43-14-13-25(45)17-43)15-28(48-36)22-7-5-20(19-44)6-8-22/h1-12,25-26,28,36,44-45H,13-19H2,(H,42,46)/t25-,26-,28+,36+/m0/s1. The molecule has 4 atom stereocenters. The number of aliphatic hydroxyl groups is 2. The fourth-order valence-electron chi connectivity index (χ4n) is 6.14. The molecule has 1 amide bonds. The summed E-state index contributed by atoms with van der Waals surface area (Å²) in [6.07, 6.45) is -0.216. The molecule has 2 fully saturated rings. The monoisotopic (exact) mass is 668 g/mol. The molecule has 0 saturated carbocycles.